The van der Waals surface area contributed by atoms with Crippen molar-refractivity contribution in [2.45, 2.75) is 33.6 Å². The minimum absolute atomic E-state index is 0.0431. The van der Waals surface area contributed by atoms with Crippen molar-refractivity contribution >= 4 is 5.97 Å². The van der Waals surface area contributed by atoms with Gasteiger partial charge in [0.25, 0.3) is 0 Å². The van der Waals surface area contributed by atoms with Crippen LogP contribution in [0.5, 0.6) is 0 Å². The lowest BCUT2D eigenvalue weighted by Gasteiger charge is -2.42. The third-order valence-electron chi connectivity index (χ3n) is 4.21. The van der Waals surface area contributed by atoms with Crippen LogP contribution in [0.3, 0.4) is 0 Å². The molecule has 2 heteroatoms. The van der Waals surface area contributed by atoms with Crippen molar-refractivity contribution in [2.24, 2.45) is 23.2 Å². The summed E-state index contributed by atoms with van der Waals surface area (Å²) in [6, 6.07) is 0. The normalized spacial score (nSPS) is 42.7. The number of carbonyl (C=O) groups is 1. The smallest absolute Gasteiger partial charge is 0.309 e. The van der Waals surface area contributed by atoms with Crippen molar-refractivity contribution < 1.29 is 9.53 Å². The summed E-state index contributed by atoms with van der Waals surface area (Å²) >= 11 is 0. The molecule has 0 aromatic rings. The molecule has 1 saturated heterocycles. The molecule has 0 bridgehead atoms. The Labute approximate surface area is 79.7 Å². The summed E-state index contributed by atoms with van der Waals surface area (Å²) < 4.78 is 5.14. The molecule has 3 atom stereocenters. The largest absolute Gasteiger partial charge is 0.465 e. The van der Waals surface area contributed by atoms with E-state index in [0.29, 0.717) is 18.4 Å². The summed E-state index contributed by atoms with van der Waals surface area (Å²) in [7, 11) is 0. The number of fused-ring (bicyclic) bond motifs is 1. The Kier molecular flexibility index (Phi) is 1.90. The average molecular weight is 182 g/mol. The summed E-state index contributed by atoms with van der Waals surface area (Å²) in [6.45, 7) is 7.34. The Morgan fingerprint density at radius 2 is 2.08 bits per heavy atom. The van der Waals surface area contributed by atoms with Crippen molar-refractivity contribution in [1.82, 2.24) is 0 Å². The van der Waals surface area contributed by atoms with Gasteiger partial charge in [-0.1, -0.05) is 20.8 Å². The standard InChI is InChI=1S/C11H18O2/c1-7-4-5-8-6-13-10(12)9(8)11(7,2)3/h7-9H,4-6H2,1-3H3/t7-,8-,9-/m1/s1. The molecule has 1 aliphatic carbocycles. The molecule has 1 saturated carbocycles. The minimum atomic E-state index is 0.0431. The quantitative estimate of drug-likeness (QED) is 0.537. The van der Waals surface area contributed by atoms with E-state index in [2.05, 4.69) is 20.8 Å². The molecule has 0 spiro atoms. The fourth-order valence-electron chi connectivity index (χ4n) is 2.87. The Bertz CT molecular complexity index is 232. The first-order chi connectivity index (χ1) is 6.03. The van der Waals surface area contributed by atoms with Gasteiger partial charge >= 0.3 is 5.97 Å². The van der Waals surface area contributed by atoms with Crippen molar-refractivity contribution in [3.63, 3.8) is 0 Å². The van der Waals surface area contributed by atoms with Gasteiger partial charge in [0.1, 0.15) is 0 Å². The van der Waals surface area contributed by atoms with Crippen molar-refractivity contribution in [2.75, 3.05) is 6.61 Å². The van der Waals surface area contributed by atoms with Gasteiger partial charge in [-0.2, -0.15) is 0 Å². The van der Waals surface area contributed by atoms with Gasteiger partial charge in [-0.25, -0.2) is 0 Å². The Hall–Kier alpha value is -0.530. The zero-order chi connectivity index (χ0) is 9.64. The highest BCUT2D eigenvalue weighted by Crippen LogP contribution is 2.50. The number of esters is 1. The molecule has 0 radical (unpaired) electrons. The summed E-state index contributed by atoms with van der Waals surface area (Å²) in [4.78, 5) is 11.5. The van der Waals surface area contributed by atoms with Crippen LogP contribution in [0.4, 0.5) is 0 Å². The van der Waals surface area contributed by atoms with Crippen LogP contribution in [0.2, 0.25) is 0 Å². The van der Waals surface area contributed by atoms with Gasteiger partial charge in [0, 0.05) is 5.92 Å². The second kappa shape index (κ2) is 2.73. The fourth-order valence-corrected chi connectivity index (χ4v) is 2.87. The molecule has 2 aliphatic rings. The average Bonchev–Trinajstić information content (AvgIpc) is 2.41. The highest BCUT2D eigenvalue weighted by Gasteiger charge is 2.51. The first-order valence-electron chi connectivity index (χ1n) is 5.20. The van der Waals surface area contributed by atoms with Crippen LogP contribution < -0.4 is 0 Å². The lowest BCUT2D eigenvalue weighted by molar-refractivity contribution is -0.146. The van der Waals surface area contributed by atoms with E-state index in [4.69, 9.17) is 4.74 Å². The molecule has 2 nitrogen and oxygen atoms in total. The monoisotopic (exact) mass is 182 g/mol. The van der Waals surface area contributed by atoms with Crippen LogP contribution in [-0.2, 0) is 9.53 Å². The lowest BCUT2D eigenvalue weighted by Crippen LogP contribution is -2.41. The van der Waals surface area contributed by atoms with E-state index in [1.165, 1.54) is 12.8 Å². The summed E-state index contributed by atoms with van der Waals surface area (Å²) in [6.07, 6.45) is 2.41. The van der Waals surface area contributed by atoms with Gasteiger partial charge in [0.15, 0.2) is 0 Å². The number of hydrogen-bond acceptors (Lipinski definition) is 2. The topological polar surface area (TPSA) is 26.3 Å². The molecule has 2 rings (SSSR count). The van der Waals surface area contributed by atoms with E-state index in [1.807, 2.05) is 0 Å². The predicted octanol–water partition coefficient (Wildman–Crippen LogP) is 2.23. The number of cyclic esters (lactones) is 1. The van der Waals surface area contributed by atoms with Gasteiger partial charge in [-0.15, -0.1) is 0 Å². The molecule has 1 heterocycles. The van der Waals surface area contributed by atoms with Crippen LogP contribution in [-0.4, -0.2) is 12.6 Å². The van der Waals surface area contributed by atoms with Gasteiger partial charge in [-0.3, -0.25) is 4.79 Å². The van der Waals surface area contributed by atoms with E-state index in [9.17, 15) is 4.79 Å². The number of hydrogen-bond donors (Lipinski definition) is 0. The van der Waals surface area contributed by atoms with E-state index in [1.54, 1.807) is 0 Å². The predicted molar refractivity (Wildman–Crippen MR) is 50.1 cm³/mol. The van der Waals surface area contributed by atoms with E-state index in [-0.39, 0.29) is 17.3 Å². The number of rotatable bonds is 0. The van der Waals surface area contributed by atoms with E-state index < -0.39 is 0 Å². The maximum Gasteiger partial charge on any atom is 0.309 e. The second-order valence-electron chi connectivity index (χ2n) is 5.17. The second-order valence-corrected chi connectivity index (χ2v) is 5.17. The zero-order valence-electron chi connectivity index (χ0n) is 8.67. The summed E-state index contributed by atoms with van der Waals surface area (Å²) in [5, 5.41) is 0. The molecular weight excluding hydrogens is 164 g/mol. The third-order valence-corrected chi connectivity index (χ3v) is 4.21. The minimum Gasteiger partial charge on any atom is -0.465 e. The number of carbonyl (C=O) groups excluding carboxylic acids is 1. The molecule has 13 heavy (non-hydrogen) atoms. The molecule has 0 amide bonds. The highest BCUT2D eigenvalue weighted by molar-refractivity contribution is 5.75. The van der Waals surface area contributed by atoms with Gasteiger partial charge in [0.2, 0.25) is 0 Å². The molecule has 2 fully saturated rings. The van der Waals surface area contributed by atoms with Gasteiger partial charge in [-0.05, 0) is 24.2 Å². The van der Waals surface area contributed by atoms with Crippen molar-refractivity contribution in [1.29, 1.82) is 0 Å². The molecule has 0 aromatic heterocycles. The summed E-state index contributed by atoms with van der Waals surface area (Å²) in [5.41, 5.74) is 0.135. The van der Waals surface area contributed by atoms with Gasteiger partial charge < -0.3 is 4.74 Å². The Balaban J connectivity index is 2.28. The number of ether oxygens (including phenoxy) is 1. The van der Waals surface area contributed by atoms with Crippen molar-refractivity contribution in [3.8, 4) is 0 Å². The molecule has 0 N–H and O–H groups in total. The zero-order valence-corrected chi connectivity index (χ0v) is 8.67. The van der Waals surface area contributed by atoms with Gasteiger partial charge in [0.05, 0.1) is 12.5 Å². The Morgan fingerprint density at radius 3 is 2.77 bits per heavy atom. The Morgan fingerprint density at radius 1 is 1.38 bits per heavy atom. The first-order valence-corrected chi connectivity index (χ1v) is 5.20. The summed E-state index contributed by atoms with van der Waals surface area (Å²) in [5.74, 6) is 1.34. The van der Waals surface area contributed by atoms with Crippen LogP contribution in [0.15, 0.2) is 0 Å². The van der Waals surface area contributed by atoms with E-state index >= 15 is 0 Å². The van der Waals surface area contributed by atoms with E-state index in [0.717, 1.165) is 0 Å². The SMILES string of the molecule is C[C@@H]1CC[C@@H]2COC(=O)[C@@H]2C1(C)C. The fraction of sp³-hybridized carbons (Fsp3) is 0.909. The van der Waals surface area contributed by atoms with Crippen LogP contribution in [0.25, 0.3) is 0 Å². The molecule has 1 aliphatic heterocycles. The van der Waals surface area contributed by atoms with Crippen LogP contribution in [0.1, 0.15) is 33.6 Å². The molecular formula is C11H18O2. The third kappa shape index (κ3) is 1.18. The van der Waals surface area contributed by atoms with Crippen LogP contribution in [0, 0.1) is 23.2 Å². The molecule has 0 unspecified atom stereocenters. The maximum atomic E-state index is 11.5. The molecule has 74 valence electrons. The lowest BCUT2D eigenvalue weighted by atomic mass is 9.60. The first kappa shape index (κ1) is 9.04. The van der Waals surface area contributed by atoms with Crippen molar-refractivity contribution in [3.05, 3.63) is 0 Å². The molecule has 0 aromatic carbocycles. The van der Waals surface area contributed by atoms with Crippen LogP contribution >= 0.6 is 0 Å². The highest BCUT2D eigenvalue weighted by atomic mass is 16.5. The maximum absolute atomic E-state index is 11.5.